The lowest BCUT2D eigenvalue weighted by molar-refractivity contribution is 0.231. The topological polar surface area (TPSA) is 79.0 Å². The lowest BCUT2D eigenvalue weighted by Crippen LogP contribution is -2.44. The third kappa shape index (κ3) is 4.55. The summed E-state index contributed by atoms with van der Waals surface area (Å²) in [4.78, 5) is 21.3. The summed E-state index contributed by atoms with van der Waals surface area (Å²) in [5.74, 6) is 1.54. The van der Waals surface area contributed by atoms with Gasteiger partial charge in [0.25, 0.3) is 0 Å². The number of para-hydroxylation sites is 2. The summed E-state index contributed by atoms with van der Waals surface area (Å²) in [6.45, 7) is 2.07. The smallest absolute Gasteiger partial charge is 0.316 e. The van der Waals surface area contributed by atoms with Gasteiger partial charge in [0.05, 0.1) is 29.7 Å². The van der Waals surface area contributed by atoms with Crippen LogP contribution in [0.4, 0.5) is 4.79 Å². The molecule has 1 fully saturated rings. The number of benzene rings is 3. The molecule has 0 radical (unpaired) electrons. The second kappa shape index (κ2) is 8.62. The summed E-state index contributed by atoms with van der Waals surface area (Å²) >= 11 is 0. The third-order valence-corrected chi connectivity index (χ3v) is 6.35. The Bertz CT molecular complexity index is 1220. The van der Waals surface area contributed by atoms with Crippen molar-refractivity contribution < 1.29 is 9.53 Å². The van der Waals surface area contributed by atoms with E-state index < -0.39 is 0 Å². The summed E-state index contributed by atoms with van der Waals surface area (Å²) in [5, 5.41) is 6.40. The number of aromatic amines is 1. The monoisotopic (exact) mass is 440 g/mol. The molecule has 5 rings (SSSR count). The molecule has 1 atom stereocenters. The summed E-state index contributed by atoms with van der Waals surface area (Å²) in [6, 6.07) is 23.7. The zero-order valence-corrected chi connectivity index (χ0v) is 18.9. The average Bonchev–Trinajstić information content (AvgIpc) is 3.47. The highest BCUT2D eigenvalue weighted by molar-refractivity contribution is 5.77. The quantitative estimate of drug-likeness (QED) is 0.372. The molecule has 0 aliphatic heterocycles. The molecule has 0 saturated heterocycles. The molecule has 0 unspecified atom stereocenters. The number of nitrogens with one attached hydrogen (secondary N) is 3. The Hall–Kier alpha value is -3.80. The number of methoxy groups -OCH3 is 1. The number of fused-ring (bicyclic) bond motifs is 1. The summed E-state index contributed by atoms with van der Waals surface area (Å²) in [7, 11) is 1.65. The van der Waals surface area contributed by atoms with Crippen molar-refractivity contribution in [1.82, 2.24) is 20.6 Å². The molecule has 6 nitrogen and oxygen atoms in total. The van der Waals surface area contributed by atoms with Crippen LogP contribution in [0.3, 0.4) is 0 Å². The fourth-order valence-corrected chi connectivity index (χ4v) is 4.25. The van der Waals surface area contributed by atoms with E-state index in [-0.39, 0.29) is 17.6 Å². The van der Waals surface area contributed by atoms with Crippen LogP contribution in [0.1, 0.15) is 41.4 Å². The maximum absolute atomic E-state index is 13.1. The zero-order chi connectivity index (χ0) is 22.8. The molecule has 6 heteroatoms. The van der Waals surface area contributed by atoms with Gasteiger partial charge in [-0.1, -0.05) is 54.1 Å². The number of rotatable bonds is 7. The van der Waals surface area contributed by atoms with Crippen molar-refractivity contribution in [3.8, 4) is 5.75 Å². The van der Waals surface area contributed by atoms with Gasteiger partial charge in [-0.25, -0.2) is 9.78 Å². The van der Waals surface area contributed by atoms with Crippen molar-refractivity contribution in [2.45, 2.75) is 37.8 Å². The van der Waals surface area contributed by atoms with Crippen molar-refractivity contribution in [2.24, 2.45) is 0 Å². The first-order valence-corrected chi connectivity index (χ1v) is 11.3. The Kier molecular flexibility index (Phi) is 5.50. The van der Waals surface area contributed by atoms with Crippen molar-refractivity contribution in [3.05, 3.63) is 95.3 Å². The molecule has 168 valence electrons. The van der Waals surface area contributed by atoms with Crippen molar-refractivity contribution in [3.63, 3.8) is 0 Å². The number of aromatic nitrogens is 2. The number of hydrogen-bond donors (Lipinski definition) is 3. The van der Waals surface area contributed by atoms with Crippen LogP contribution >= 0.6 is 0 Å². The molecule has 1 aliphatic rings. The minimum Gasteiger partial charge on any atom is -0.497 e. The predicted molar refractivity (Wildman–Crippen MR) is 129 cm³/mol. The molecule has 0 spiro atoms. The third-order valence-electron chi connectivity index (χ3n) is 6.35. The van der Waals surface area contributed by atoms with Gasteiger partial charge in [0.1, 0.15) is 11.6 Å². The number of carbonyl (C=O) groups is 1. The summed E-state index contributed by atoms with van der Waals surface area (Å²) in [6.07, 6.45) is 2.49. The number of amides is 2. The first-order chi connectivity index (χ1) is 16.0. The van der Waals surface area contributed by atoms with Gasteiger partial charge in [0.2, 0.25) is 0 Å². The van der Waals surface area contributed by atoms with E-state index in [4.69, 9.17) is 9.72 Å². The van der Waals surface area contributed by atoms with Crippen LogP contribution in [-0.4, -0.2) is 23.1 Å². The summed E-state index contributed by atoms with van der Waals surface area (Å²) < 4.78 is 5.28. The van der Waals surface area contributed by atoms with E-state index in [9.17, 15) is 4.79 Å². The Morgan fingerprint density at radius 1 is 1.06 bits per heavy atom. The second-order valence-corrected chi connectivity index (χ2v) is 8.79. The van der Waals surface area contributed by atoms with Crippen LogP contribution in [-0.2, 0) is 12.0 Å². The van der Waals surface area contributed by atoms with Crippen molar-refractivity contribution >= 4 is 17.1 Å². The SMILES string of the molecule is COc1ccc(C[C@@H](NC(=O)NC2(c3ccc(C)cc3)CC2)c2nc3ccccc3[nH]2)cc1. The molecule has 1 saturated carbocycles. The number of aryl methyl sites for hydroxylation is 1. The van der Waals surface area contributed by atoms with Crippen LogP contribution in [0.15, 0.2) is 72.8 Å². The maximum atomic E-state index is 13.1. The number of nitrogens with zero attached hydrogens (tertiary/aromatic N) is 1. The van der Waals surface area contributed by atoms with Gasteiger partial charge in [-0.05, 0) is 61.6 Å². The van der Waals surface area contributed by atoms with Crippen molar-refractivity contribution in [2.75, 3.05) is 7.11 Å². The molecule has 2 amide bonds. The minimum atomic E-state index is -0.306. The molecular weight excluding hydrogens is 412 g/mol. The van der Waals surface area contributed by atoms with Gasteiger partial charge in [-0.3, -0.25) is 0 Å². The highest BCUT2D eigenvalue weighted by Crippen LogP contribution is 2.45. The second-order valence-electron chi connectivity index (χ2n) is 8.79. The number of hydrogen-bond acceptors (Lipinski definition) is 3. The van der Waals surface area contributed by atoms with E-state index in [2.05, 4.69) is 46.8 Å². The fourth-order valence-electron chi connectivity index (χ4n) is 4.25. The molecular formula is C27H28N4O2. The Balaban J connectivity index is 1.37. The summed E-state index contributed by atoms with van der Waals surface area (Å²) in [5.41, 5.74) is 5.00. The normalized spacial score (nSPS) is 15.1. The number of carbonyl (C=O) groups excluding carboxylic acids is 1. The van der Waals surface area contributed by atoms with E-state index in [1.807, 2.05) is 48.5 Å². The van der Waals surface area contributed by atoms with E-state index in [0.29, 0.717) is 6.42 Å². The zero-order valence-electron chi connectivity index (χ0n) is 18.9. The lowest BCUT2D eigenvalue weighted by atomic mass is 10.0. The highest BCUT2D eigenvalue weighted by atomic mass is 16.5. The largest absolute Gasteiger partial charge is 0.497 e. The van der Waals surface area contributed by atoms with E-state index in [1.165, 1.54) is 5.56 Å². The van der Waals surface area contributed by atoms with Gasteiger partial charge >= 0.3 is 6.03 Å². The lowest BCUT2D eigenvalue weighted by Gasteiger charge is -2.22. The molecule has 33 heavy (non-hydrogen) atoms. The van der Waals surface area contributed by atoms with Crippen LogP contribution in [0.5, 0.6) is 5.75 Å². The molecule has 1 aliphatic carbocycles. The maximum Gasteiger partial charge on any atom is 0.316 e. The standard InChI is InChI=1S/C27H28N4O2/c1-18-7-11-20(12-8-18)27(15-16-27)31-26(32)30-24(17-19-9-13-21(33-2)14-10-19)25-28-22-5-3-4-6-23(22)29-25/h3-14,24H,15-17H2,1-2H3,(H,28,29)(H2,30,31,32)/t24-/m1/s1. The average molecular weight is 441 g/mol. The predicted octanol–water partition coefficient (Wildman–Crippen LogP) is 5.15. The molecule has 1 heterocycles. The first kappa shape index (κ1) is 21.1. The number of imidazole rings is 1. The van der Waals surface area contributed by atoms with E-state index in [0.717, 1.165) is 46.6 Å². The molecule has 4 aromatic rings. The van der Waals surface area contributed by atoms with Gasteiger partial charge < -0.3 is 20.4 Å². The number of ether oxygens (including phenoxy) is 1. The molecule has 1 aromatic heterocycles. The number of H-pyrrole nitrogens is 1. The van der Waals surface area contributed by atoms with Gasteiger partial charge in [-0.15, -0.1) is 0 Å². The highest BCUT2D eigenvalue weighted by Gasteiger charge is 2.45. The van der Waals surface area contributed by atoms with Gasteiger partial charge in [-0.2, -0.15) is 0 Å². The molecule has 0 bridgehead atoms. The fraction of sp³-hybridized carbons (Fsp3) is 0.259. The number of urea groups is 1. The molecule has 3 aromatic carbocycles. The molecule has 3 N–H and O–H groups in total. The Labute approximate surface area is 193 Å². The van der Waals surface area contributed by atoms with Gasteiger partial charge in [0, 0.05) is 0 Å². The van der Waals surface area contributed by atoms with Crippen molar-refractivity contribution in [1.29, 1.82) is 0 Å². The Morgan fingerprint density at radius 2 is 1.79 bits per heavy atom. The Morgan fingerprint density at radius 3 is 2.45 bits per heavy atom. The van der Waals surface area contributed by atoms with Crippen LogP contribution in [0, 0.1) is 6.92 Å². The van der Waals surface area contributed by atoms with Crippen LogP contribution in [0.2, 0.25) is 0 Å². The van der Waals surface area contributed by atoms with Crippen LogP contribution in [0.25, 0.3) is 11.0 Å². The first-order valence-electron chi connectivity index (χ1n) is 11.3. The van der Waals surface area contributed by atoms with Gasteiger partial charge in [0.15, 0.2) is 0 Å². The minimum absolute atomic E-state index is 0.188. The van der Waals surface area contributed by atoms with E-state index in [1.54, 1.807) is 7.11 Å². The van der Waals surface area contributed by atoms with Crippen LogP contribution < -0.4 is 15.4 Å². The van der Waals surface area contributed by atoms with E-state index >= 15 is 0 Å².